The first kappa shape index (κ1) is 15.0. The minimum absolute atomic E-state index is 0.476. The zero-order chi connectivity index (χ0) is 12.9. The Kier molecular flexibility index (Phi) is 5.94. The molecule has 0 saturated carbocycles. The molecule has 1 fully saturated rings. The van der Waals surface area contributed by atoms with Crippen LogP contribution < -0.4 is 5.32 Å². The van der Waals surface area contributed by atoms with Gasteiger partial charge in [0.15, 0.2) is 0 Å². The van der Waals surface area contributed by atoms with Crippen LogP contribution in [0.5, 0.6) is 0 Å². The van der Waals surface area contributed by atoms with Crippen molar-refractivity contribution >= 4 is 0 Å². The molecule has 1 aliphatic rings. The van der Waals surface area contributed by atoms with Crippen LogP contribution in [-0.2, 0) is 0 Å². The van der Waals surface area contributed by atoms with E-state index in [0.29, 0.717) is 5.41 Å². The van der Waals surface area contributed by atoms with Crippen molar-refractivity contribution in [1.29, 1.82) is 0 Å². The molecule has 1 rings (SSSR count). The van der Waals surface area contributed by atoms with E-state index in [4.69, 9.17) is 0 Å². The Morgan fingerprint density at radius 3 is 2.35 bits per heavy atom. The first-order chi connectivity index (χ1) is 8.06. The summed E-state index contributed by atoms with van der Waals surface area (Å²) in [7, 11) is 2.09. The van der Waals surface area contributed by atoms with Gasteiger partial charge < -0.3 is 10.2 Å². The van der Waals surface area contributed by atoms with Crippen molar-refractivity contribution in [3.63, 3.8) is 0 Å². The second kappa shape index (κ2) is 6.75. The van der Waals surface area contributed by atoms with Crippen LogP contribution in [-0.4, -0.2) is 37.6 Å². The van der Waals surface area contributed by atoms with Gasteiger partial charge >= 0.3 is 0 Å². The van der Waals surface area contributed by atoms with Crippen molar-refractivity contribution < 1.29 is 0 Å². The summed E-state index contributed by atoms with van der Waals surface area (Å²) in [5.74, 6) is 0.920. The molecule has 0 radical (unpaired) electrons. The molecule has 1 N–H and O–H groups in total. The average Bonchev–Trinajstić information content (AvgIpc) is 2.32. The van der Waals surface area contributed by atoms with E-state index in [1.54, 1.807) is 0 Å². The van der Waals surface area contributed by atoms with Gasteiger partial charge in [-0.2, -0.15) is 0 Å². The SMILES string of the molecule is CCC(CC)(CNC)CN1CCC(C)CC1C. The summed E-state index contributed by atoms with van der Waals surface area (Å²) in [6.07, 6.45) is 5.32. The lowest BCUT2D eigenvalue weighted by atomic mass is 9.80. The molecule has 0 aromatic heterocycles. The Morgan fingerprint density at radius 2 is 1.88 bits per heavy atom. The Hall–Kier alpha value is -0.0800. The van der Waals surface area contributed by atoms with E-state index in [2.05, 4.69) is 45.0 Å². The van der Waals surface area contributed by atoms with Crippen LogP contribution in [0.2, 0.25) is 0 Å². The zero-order valence-corrected chi connectivity index (χ0v) is 12.6. The van der Waals surface area contributed by atoms with E-state index in [0.717, 1.165) is 18.5 Å². The fourth-order valence-corrected chi connectivity index (χ4v) is 3.28. The highest BCUT2D eigenvalue weighted by Gasteiger charge is 2.32. The van der Waals surface area contributed by atoms with Gasteiger partial charge in [-0.25, -0.2) is 0 Å². The number of rotatable bonds is 6. The highest BCUT2D eigenvalue weighted by atomic mass is 15.2. The Labute approximate surface area is 108 Å². The number of piperidine rings is 1. The van der Waals surface area contributed by atoms with Gasteiger partial charge in [0.05, 0.1) is 0 Å². The molecule has 2 atom stereocenters. The van der Waals surface area contributed by atoms with Gasteiger partial charge in [0.2, 0.25) is 0 Å². The average molecular weight is 240 g/mol. The van der Waals surface area contributed by atoms with Crippen molar-refractivity contribution in [1.82, 2.24) is 10.2 Å². The van der Waals surface area contributed by atoms with Crippen LogP contribution in [0.4, 0.5) is 0 Å². The second-order valence-electron chi connectivity index (χ2n) is 6.19. The fourth-order valence-electron chi connectivity index (χ4n) is 3.28. The molecule has 0 bridgehead atoms. The quantitative estimate of drug-likeness (QED) is 0.767. The van der Waals surface area contributed by atoms with E-state index < -0.39 is 0 Å². The highest BCUT2D eigenvalue weighted by Crippen LogP contribution is 2.31. The molecule has 2 heteroatoms. The molecule has 1 aliphatic heterocycles. The molecule has 1 heterocycles. The topological polar surface area (TPSA) is 15.3 Å². The molecule has 17 heavy (non-hydrogen) atoms. The van der Waals surface area contributed by atoms with Crippen LogP contribution >= 0.6 is 0 Å². The van der Waals surface area contributed by atoms with Gasteiger partial charge in [0.1, 0.15) is 0 Å². The van der Waals surface area contributed by atoms with Crippen LogP contribution in [0.1, 0.15) is 53.4 Å². The third kappa shape index (κ3) is 3.96. The molecular formula is C15H32N2. The second-order valence-corrected chi connectivity index (χ2v) is 6.19. The summed E-state index contributed by atoms with van der Waals surface area (Å²) in [4.78, 5) is 2.73. The summed E-state index contributed by atoms with van der Waals surface area (Å²) in [5, 5.41) is 3.40. The Balaban J connectivity index is 2.60. The highest BCUT2D eigenvalue weighted by molar-refractivity contribution is 4.86. The van der Waals surface area contributed by atoms with Crippen LogP contribution in [0.25, 0.3) is 0 Å². The maximum absolute atomic E-state index is 3.40. The van der Waals surface area contributed by atoms with Crippen molar-refractivity contribution in [3.05, 3.63) is 0 Å². The van der Waals surface area contributed by atoms with E-state index in [1.807, 2.05) is 0 Å². The van der Waals surface area contributed by atoms with Crippen LogP contribution in [0.15, 0.2) is 0 Å². The Morgan fingerprint density at radius 1 is 1.24 bits per heavy atom. The molecular weight excluding hydrogens is 208 g/mol. The molecule has 0 aromatic carbocycles. The smallest absolute Gasteiger partial charge is 0.00697 e. The molecule has 0 spiro atoms. The van der Waals surface area contributed by atoms with Gasteiger partial charge in [0.25, 0.3) is 0 Å². The third-order valence-electron chi connectivity index (χ3n) is 4.87. The molecule has 102 valence electrons. The summed E-state index contributed by atoms with van der Waals surface area (Å²) in [6.45, 7) is 13.2. The predicted octanol–water partition coefficient (Wildman–Crippen LogP) is 3.13. The summed E-state index contributed by atoms with van der Waals surface area (Å²) in [6, 6.07) is 0.771. The van der Waals surface area contributed by atoms with E-state index in [9.17, 15) is 0 Å². The summed E-state index contributed by atoms with van der Waals surface area (Å²) < 4.78 is 0. The lowest BCUT2D eigenvalue weighted by Crippen LogP contribution is -2.49. The van der Waals surface area contributed by atoms with Gasteiger partial charge in [0, 0.05) is 19.1 Å². The maximum atomic E-state index is 3.40. The molecule has 2 unspecified atom stereocenters. The van der Waals surface area contributed by atoms with Crippen LogP contribution in [0, 0.1) is 11.3 Å². The van der Waals surface area contributed by atoms with Crippen molar-refractivity contribution in [2.24, 2.45) is 11.3 Å². The largest absolute Gasteiger partial charge is 0.319 e. The third-order valence-corrected chi connectivity index (χ3v) is 4.87. The normalized spacial score (nSPS) is 27.4. The number of nitrogens with zero attached hydrogens (tertiary/aromatic N) is 1. The first-order valence-electron chi connectivity index (χ1n) is 7.45. The molecule has 1 saturated heterocycles. The lowest BCUT2D eigenvalue weighted by Gasteiger charge is -2.43. The lowest BCUT2D eigenvalue weighted by molar-refractivity contribution is 0.0654. The monoisotopic (exact) mass is 240 g/mol. The van der Waals surface area contributed by atoms with E-state index >= 15 is 0 Å². The van der Waals surface area contributed by atoms with E-state index in [1.165, 1.54) is 38.8 Å². The van der Waals surface area contributed by atoms with Crippen molar-refractivity contribution in [2.45, 2.75) is 59.4 Å². The standard InChI is InChI=1S/C15H32N2/c1-6-15(7-2,11-16-5)12-17-9-8-13(3)10-14(17)4/h13-14,16H,6-12H2,1-5H3. The van der Waals surface area contributed by atoms with E-state index in [-0.39, 0.29) is 0 Å². The van der Waals surface area contributed by atoms with Crippen LogP contribution in [0.3, 0.4) is 0 Å². The number of likely N-dealkylation sites (tertiary alicyclic amines) is 1. The molecule has 0 aromatic rings. The molecule has 2 nitrogen and oxygen atoms in total. The number of hydrogen-bond donors (Lipinski definition) is 1. The molecule has 0 aliphatic carbocycles. The predicted molar refractivity (Wildman–Crippen MR) is 76.4 cm³/mol. The van der Waals surface area contributed by atoms with Gasteiger partial charge in [-0.3, -0.25) is 0 Å². The summed E-state index contributed by atoms with van der Waals surface area (Å²) >= 11 is 0. The Bertz CT molecular complexity index is 211. The zero-order valence-electron chi connectivity index (χ0n) is 12.6. The van der Waals surface area contributed by atoms with Crippen molar-refractivity contribution in [2.75, 3.05) is 26.7 Å². The minimum atomic E-state index is 0.476. The first-order valence-corrected chi connectivity index (χ1v) is 7.45. The maximum Gasteiger partial charge on any atom is 0.00697 e. The number of nitrogens with one attached hydrogen (secondary N) is 1. The number of hydrogen-bond acceptors (Lipinski definition) is 2. The van der Waals surface area contributed by atoms with Gasteiger partial charge in [-0.05, 0) is 57.5 Å². The fraction of sp³-hybridized carbons (Fsp3) is 1.00. The van der Waals surface area contributed by atoms with Gasteiger partial charge in [-0.1, -0.05) is 20.8 Å². The summed E-state index contributed by atoms with van der Waals surface area (Å²) in [5.41, 5.74) is 0.476. The van der Waals surface area contributed by atoms with Crippen molar-refractivity contribution in [3.8, 4) is 0 Å². The molecule has 0 amide bonds. The van der Waals surface area contributed by atoms with Gasteiger partial charge in [-0.15, -0.1) is 0 Å². The minimum Gasteiger partial charge on any atom is -0.319 e.